The zero-order valence-corrected chi connectivity index (χ0v) is 16.0. The topological polar surface area (TPSA) is 52.7 Å². The minimum absolute atomic E-state index is 0.0249. The van der Waals surface area contributed by atoms with Crippen LogP contribution in [0.25, 0.3) is 0 Å². The average molecular weight is 365 g/mol. The maximum absolute atomic E-state index is 12.7. The van der Waals surface area contributed by atoms with Crippen LogP contribution in [0.5, 0.6) is 0 Å². The summed E-state index contributed by atoms with van der Waals surface area (Å²) < 4.78 is 0. The van der Waals surface area contributed by atoms with Gasteiger partial charge in [-0.15, -0.1) is 0 Å². The van der Waals surface area contributed by atoms with Gasteiger partial charge in [0, 0.05) is 49.5 Å². The summed E-state index contributed by atoms with van der Waals surface area (Å²) in [5.74, 6) is 0.334. The highest BCUT2D eigenvalue weighted by atomic mass is 16.2. The van der Waals surface area contributed by atoms with Crippen molar-refractivity contribution in [3.05, 3.63) is 65.7 Å². The summed E-state index contributed by atoms with van der Waals surface area (Å²) in [7, 11) is 0. The second-order valence-electron chi connectivity index (χ2n) is 7.30. The number of carbonyl (C=O) groups is 2. The Morgan fingerprint density at radius 3 is 2.07 bits per heavy atom. The predicted molar refractivity (Wildman–Crippen MR) is 108 cm³/mol. The molecule has 27 heavy (non-hydrogen) atoms. The van der Waals surface area contributed by atoms with Crippen molar-refractivity contribution in [2.45, 2.75) is 13.8 Å². The molecule has 2 aromatic rings. The molecule has 0 unspecified atom stereocenters. The molecule has 0 atom stereocenters. The Kier molecular flexibility index (Phi) is 6.12. The summed E-state index contributed by atoms with van der Waals surface area (Å²) in [6.45, 7) is 7.80. The number of benzene rings is 2. The van der Waals surface area contributed by atoms with E-state index in [1.165, 1.54) is 5.69 Å². The molecule has 5 heteroatoms. The molecule has 3 rings (SSSR count). The third-order valence-corrected chi connectivity index (χ3v) is 4.75. The first-order chi connectivity index (χ1) is 13.0. The van der Waals surface area contributed by atoms with Crippen LogP contribution in [-0.2, 0) is 0 Å². The minimum Gasteiger partial charge on any atom is -0.368 e. The lowest BCUT2D eigenvalue weighted by Gasteiger charge is -2.36. The third kappa shape index (κ3) is 4.88. The molecule has 1 N–H and O–H groups in total. The quantitative estimate of drug-likeness (QED) is 0.886. The zero-order chi connectivity index (χ0) is 19.2. The predicted octanol–water partition coefficient (Wildman–Crippen LogP) is 3.03. The van der Waals surface area contributed by atoms with Gasteiger partial charge in [0.05, 0.1) is 0 Å². The van der Waals surface area contributed by atoms with Crippen molar-refractivity contribution in [3.8, 4) is 0 Å². The van der Waals surface area contributed by atoms with Crippen molar-refractivity contribution < 1.29 is 9.59 Å². The summed E-state index contributed by atoms with van der Waals surface area (Å²) in [5, 5.41) is 2.89. The van der Waals surface area contributed by atoms with Gasteiger partial charge >= 0.3 is 0 Å². The van der Waals surface area contributed by atoms with Crippen molar-refractivity contribution in [1.82, 2.24) is 10.2 Å². The van der Waals surface area contributed by atoms with Crippen molar-refractivity contribution >= 4 is 17.5 Å². The Balaban J connectivity index is 1.56. The van der Waals surface area contributed by atoms with Crippen LogP contribution >= 0.6 is 0 Å². The fraction of sp³-hybridized carbons (Fsp3) is 0.364. The molecule has 2 amide bonds. The van der Waals surface area contributed by atoms with Crippen LogP contribution in [0.1, 0.15) is 34.6 Å². The van der Waals surface area contributed by atoms with Crippen molar-refractivity contribution in [2.24, 2.45) is 5.92 Å². The number of piperazine rings is 1. The number of carbonyl (C=O) groups excluding carboxylic acids is 2. The number of amides is 2. The summed E-state index contributed by atoms with van der Waals surface area (Å²) in [4.78, 5) is 29.0. The van der Waals surface area contributed by atoms with E-state index in [9.17, 15) is 9.59 Å². The third-order valence-electron chi connectivity index (χ3n) is 4.75. The lowest BCUT2D eigenvalue weighted by Crippen LogP contribution is -2.48. The molecule has 0 aliphatic carbocycles. The average Bonchev–Trinajstić information content (AvgIpc) is 2.72. The highest BCUT2D eigenvalue weighted by molar-refractivity contribution is 5.97. The second-order valence-corrected chi connectivity index (χ2v) is 7.30. The summed E-state index contributed by atoms with van der Waals surface area (Å²) in [6.07, 6.45) is 0. The van der Waals surface area contributed by atoms with Gasteiger partial charge in [0.1, 0.15) is 0 Å². The highest BCUT2D eigenvalue weighted by Gasteiger charge is 2.22. The number of nitrogens with zero attached hydrogens (tertiary/aromatic N) is 2. The number of anilines is 1. The van der Waals surface area contributed by atoms with Crippen LogP contribution in [0.15, 0.2) is 54.6 Å². The Morgan fingerprint density at radius 1 is 0.889 bits per heavy atom. The van der Waals surface area contributed by atoms with E-state index in [0.717, 1.165) is 13.1 Å². The molecule has 0 spiro atoms. The molecule has 142 valence electrons. The standard InChI is InChI=1S/C22H27N3O2/c1-17(2)16-23-21(26)18-8-10-19(11-9-18)22(27)25-14-12-24(13-15-25)20-6-4-3-5-7-20/h3-11,17H,12-16H2,1-2H3,(H,23,26). The van der Waals surface area contributed by atoms with Crippen LogP contribution in [0, 0.1) is 5.92 Å². The molecule has 1 heterocycles. The molecule has 1 fully saturated rings. The zero-order valence-electron chi connectivity index (χ0n) is 16.0. The first-order valence-corrected chi connectivity index (χ1v) is 9.52. The molecule has 0 bridgehead atoms. The molecule has 1 aliphatic heterocycles. The highest BCUT2D eigenvalue weighted by Crippen LogP contribution is 2.17. The van der Waals surface area contributed by atoms with E-state index in [-0.39, 0.29) is 11.8 Å². The molecule has 0 aromatic heterocycles. The molecule has 0 saturated carbocycles. The second kappa shape index (κ2) is 8.71. The Bertz CT molecular complexity index is 764. The number of para-hydroxylation sites is 1. The van der Waals surface area contributed by atoms with E-state index in [1.54, 1.807) is 24.3 Å². The largest absolute Gasteiger partial charge is 0.368 e. The lowest BCUT2D eigenvalue weighted by molar-refractivity contribution is 0.0746. The van der Waals surface area contributed by atoms with Crippen LogP contribution in [-0.4, -0.2) is 49.4 Å². The van der Waals surface area contributed by atoms with Gasteiger partial charge in [0.2, 0.25) is 0 Å². The molecule has 0 radical (unpaired) electrons. The first-order valence-electron chi connectivity index (χ1n) is 9.52. The number of nitrogens with one attached hydrogen (secondary N) is 1. The molecular formula is C22H27N3O2. The van der Waals surface area contributed by atoms with Gasteiger partial charge in [-0.25, -0.2) is 0 Å². The van der Waals surface area contributed by atoms with E-state index in [4.69, 9.17) is 0 Å². The minimum atomic E-state index is -0.0980. The Hall–Kier alpha value is -2.82. The monoisotopic (exact) mass is 365 g/mol. The summed E-state index contributed by atoms with van der Waals surface area (Å²) >= 11 is 0. The summed E-state index contributed by atoms with van der Waals surface area (Å²) in [6, 6.07) is 17.2. The fourth-order valence-corrected chi connectivity index (χ4v) is 3.15. The van der Waals surface area contributed by atoms with E-state index >= 15 is 0 Å². The summed E-state index contributed by atoms with van der Waals surface area (Å²) in [5.41, 5.74) is 2.41. The van der Waals surface area contributed by atoms with E-state index in [2.05, 4.69) is 36.2 Å². The van der Waals surface area contributed by atoms with Gasteiger partial charge in [-0.1, -0.05) is 32.0 Å². The van der Waals surface area contributed by atoms with Gasteiger partial charge in [0.15, 0.2) is 0 Å². The van der Waals surface area contributed by atoms with Crippen LogP contribution in [0.2, 0.25) is 0 Å². The fourth-order valence-electron chi connectivity index (χ4n) is 3.15. The van der Waals surface area contributed by atoms with Gasteiger partial charge in [0.25, 0.3) is 11.8 Å². The maximum Gasteiger partial charge on any atom is 0.253 e. The molecule has 5 nitrogen and oxygen atoms in total. The Morgan fingerprint density at radius 2 is 1.48 bits per heavy atom. The van der Waals surface area contributed by atoms with Gasteiger partial charge < -0.3 is 15.1 Å². The van der Waals surface area contributed by atoms with Crippen molar-refractivity contribution in [2.75, 3.05) is 37.6 Å². The normalized spacial score (nSPS) is 14.3. The van der Waals surface area contributed by atoms with Gasteiger partial charge in [-0.3, -0.25) is 9.59 Å². The number of hydrogen-bond acceptors (Lipinski definition) is 3. The molecular weight excluding hydrogens is 338 g/mol. The van der Waals surface area contributed by atoms with E-state index in [0.29, 0.717) is 36.7 Å². The van der Waals surface area contributed by atoms with E-state index in [1.807, 2.05) is 23.1 Å². The van der Waals surface area contributed by atoms with Crippen LogP contribution < -0.4 is 10.2 Å². The first kappa shape index (κ1) is 19.0. The van der Waals surface area contributed by atoms with Gasteiger partial charge in [-0.2, -0.15) is 0 Å². The molecule has 1 aliphatic rings. The van der Waals surface area contributed by atoms with E-state index < -0.39 is 0 Å². The molecule has 2 aromatic carbocycles. The number of rotatable bonds is 5. The lowest BCUT2D eigenvalue weighted by atomic mass is 10.1. The van der Waals surface area contributed by atoms with Crippen molar-refractivity contribution in [1.29, 1.82) is 0 Å². The number of hydrogen-bond donors (Lipinski definition) is 1. The van der Waals surface area contributed by atoms with Gasteiger partial charge in [-0.05, 0) is 42.3 Å². The SMILES string of the molecule is CC(C)CNC(=O)c1ccc(C(=O)N2CCN(c3ccccc3)CC2)cc1. The Labute approximate surface area is 161 Å². The van der Waals surface area contributed by atoms with Crippen LogP contribution in [0.4, 0.5) is 5.69 Å². The van der Waals surface area contributed by atoms with Crippen LogP contribution in [0.3, 0.4) is 0 Å². The van der Waals surface area contributed by atoms with Crippen molar-refractivity contribution in [3.63, 3.8) is 0 Å². The smallest absolute Gasteiger partial charge is 0.253 e. The molecule has 1 saturated heterocycles. The maximum atomic E-state index is 12.7.